The van der Waals surface area contributed by atoms with Crippen LogP contribution in [0.3, 0.4) is 0 Å². The van der Waals surface area contributed by atoms with Crippen molar-refractivity contribution >= 4 is 22.8 Å². The lowest BCUT2D eigenvalue weighted by Gasteiger charge is -2.33. The molecule has 0 bridgehead atoms. The van der Waals surface area contributed by atoms with Gasteiger partial charge in [0.2, 0.25) is 5.91 Å². The number of hydrogen-bond donors (Lipinski definition) is 2. The number of ether oxygens (including phenoxy) is 1. The van der Waals surface area contributed by atoms with E-state index in [0.29, 0.717) is 6.54 Å². The van der Waals surface area contributed by atoms with Gasteiger partial charge in [-0.3, -0.25) is 4.79 Å². The third kappa shape index (κ3) is 1.74. The smallest absolute Gasteiger partial charge is 0.246 e. The van der Waals surface area contributed by atoms with Crippen LogP contribution < -0.4 is 10.2 Å². The minimum absolute atomic E-state index is 0.0378. The summed E-state index contributed by atoms with van der Waals surface area (Å²) in [7, 11) is 0. The third-order valence-corrected chi connectivity index (χ3v) is 4.07. The Balaban J connectivity index is 1.62. The fourth-order valence-electron chi connectivity index (χ4n) is 2.98. The molecule has 7 nitrogen and oxygen atoms in total. The molecule has 4 heterocycles. The first-order valence-corrected chi connectivity index (χ1v) is 6.70. The van der Waals surface area contributed by atoms with Crippen molar-refractivity contribution in [3.05, 3.63) is 18.6 Å². The predicted molar refractivity (Wildman–Crippen MR) is 72.4 cm³/mol. The molecule has 20 heavy (non-hydrogen) atoms. The summed E-state index contributed by atoms with van der Waals surface area (Å²) in [6.45, 7) is 2.33. The number of anilines is 1. The SMILES string of the molecule is O=C1COC2(CCN(c3ncnc4[nH]ccc34)C2)CN1. The van der Waals surface area contributed by atoms with Crippen LogP contribution in [-0.4, -0.2) is 52.7 Å². The molecule has 2 saturated heterocycles. The lowest BCUT2D eigenvalue weighted by Crippen LogP contribution is -2.53. The highest BCUT2D eigenvalue weighted by atomic mass is 16.5. The summed E-state index contributed by atoms with van der Waals surface area (Å²) in [6.07, 6.45) is 4.33. The summed E-state index contributed by atoms with van der Waals surface area (Å²) in [6, 6.07) is 1.99. The van der Waals surface area contributed by atoms with Crippen molar-refractivity contribution in [2.45, 2.75) is 12.0 Å². The van der Waals surface area contributed by atoms with Gasteiger partial charge in [0.05, 0.1) is 11.9 Å². The molecular formula is C13H15N5O2. The molecule has 104 valence electrons. The van der Waals surface area contributed by atoms with Crippen LogP contribution in [0.4, 0.5) is 5.82 Å². The molecule has 2 aliphatic heterocycles. The fraction of sp³-hybridized carbons (Fsp3) is 0.462. The summed E-state index contributed by atoms with van der Waals surface area (Å²) < 4.78 is 5.78. The number of fused-ring (bicyclic) bond motifs is 1. The number of aromatic amines is 1. The molecule has 1 unspecified atom stereocenters. The molecule has 2 aromatic rings. The number of hydrogen-bond acceptors (Lipinski definition) is 5. The van der Waals surface area contributed by atoms with E-state index in [9.17, 15) is 4.79 Å². The first kappa shape index (κ1) is 11.7. The molecule has 2 aromatic heterocycles. The lowest BCUT2D eigenvalue weighted by atomic mass is 10.0. The summed E-state index contributed by atoms with van der Waals surface area (Å²) in [5.41, 5.74) is 0.565. The standard InChI is InChI=1S/C13H15N5O2/c19-10-5-20-13(6-15-10)2-4-18(7-13)12-9-1-3-14-11(9)16-8-17-12/h1,3,8H,2,4-7H2,(H,15,19)(H,14,16,17). The van der Waals surface area contributed by atoms with E-state index < -0.39 is 0 Å². The van der Waals surface area contributed by atoms with E-state index in [-0.39, 0.29) is 18.1 Å². The second kappa shape index (κ2) is 4.17. The summed E-state index contributed by atoms with van der Waals surface area (Å²) in [4.78, 5) is 25.1. The second-order valence-corrected chi connectivity index (χ2v) is 5.36. The van der Waals surface area contributed by atoms with Crippen LogP contribution in [-0.2, 0) is 9.53 Å². The van der Waals surface area contributed by atoms with Gasteiger partial charge in [-0.2, -0.15) is 0 Å². The molecule has 4 rings (SSSR count). The number of amides is 1. The van der Waals surface area contributed by atoms with Crippen molar-refractivity contribution in [2.24, 2.45) is 0 Å². The molecule has 1 atom stereocenters. The molecule has 0 aromatic carbocycles. The Morgan fingerprint density at radius 1 is 1.40 bits per heavy atom. The average molecular weight is 273 g/mol. The van der Waals surface area contributed by atoms with E-state index in [0.717, 1.165) is 36.4 Å². The van der Waals surface area contributed by atoms with E-state index in [1.165, 1.54) is 0 Å². The van der Waals surface area contributed by atoms with Crippen LogP contribution in [0.2, 0.25) is 0 Å². The van der Waals surface area contributed by atoms with Crippen LogP contribution in [0.25, 0.3) is 11.0 Å². The number of morpholine rings is 1. The predicted octanol–water partition coefficient (Wildman–Crippen LogP) is 0.0532. The molecule has 0 aliphatic carbocycles. The van der Waals surface area contributed by atoms with Crippen molar-refractivity contribution < 1.29 is 9.53 Å². The number of carbonyl (C=O) groups is 1. The fourth-order valence-corrected chi connectivity index (χ4v) is 2.98. The monoisotopic (exact) mass is 273 g/mol. The van der Waals surface area contributed by atoms with E-state index >= 15 is 0 Å². The zero-order chi connectivity index (χ0) is 13.6. The minimum atomic E-state index is -0.276. The first-order chi connectivity index (χ1) is 9.76. The molecule has 0 radical (unpaired) electrons. The maximum atomic E-state index is 11.2. The van der Waals surface area contributed by atoms with Gasteiger partial charge in [0, 0.05) is 19.3 Å². The second-order valence-electron chi connectivity index (χ2n) is 5.36. The molecule has 2 aliphatic rings. The van der Waals surface area contributed by atoms with Gasteiger partial charge in [-0.1, -0.05) is 0 Å². The van der Waals surface area contributed by atoms with Gasteiger partial charge >= 0.3 is 0 Å². The summed E-state index contributed by atoms with van der Waals surface area (Å²) in [5.74, 6) is 0.887. The zero-order valence-corrected chi connectivity index (χ0v) is 10.9. The highest BCUT2D eigenvalue weighted by molar-refractivity contribution is 5.87. The summed E-state index contributed by atoms with van der Waals surface area (Å²) in [5, 5.41) is 3.91. The van der Waals surface area contributed by atoms with E-state index in [1.807, 2.05) is 12.3 Å². The normalized spacial score (nSPS) is 26.4. The quantitative estimate of drug-likeness (QED) is 0.767. The maximum Gasteiger partial charge on any atom is 0.246 e. The van der Waals surface area contributed by atoms with Crippen molar-refractivity contribution in [1.29, 1.82) is 0 Å². The minimum Gasteiger partial charge on any atom is -0.361 e. The topological polar surface area (TPSA) is 83.1 Å². The largest absolute Gasteiger partial charge is 0.361 e. The van der Waals surface area contributed by atoms with E-state index in [2.05, 4.69) is 25.2 Å². The highest BCUT2D eigenvalue weighted by Crippen LogP contribution is 2.32. The van der Waals surface area contributed by atoms with Crippen molar-refractivity contribution in [1.82, 2.24) is 20.3 Å². The van der Waals surface area contributed by atoms with Crippen molar-refractivity contribution in [3.63, 3.8) is 0 Å². The zero-order valence-electron chi connectivity index (χ0n) is 10.9. The van der Waals surface area contributed by atoms with Gasteiger partial charge in [-0.15, -0.1) is 0 Å². The Bertz CT molecular complexity index is 658. The van der Waals surface area contributed by atoms with Gasteiger partial charge in [0.25, 0.3) is 0 Å². The summed E-state index contributed by atoms with van der Waals surface area (Å²) >= 11 is 0. The number of H-pyrrole nitrogens is 1. The Labute approximate surface area is 115 Å². The Hall–Kier alpha value is -2.15. The molecule has 1 spiro atoms. The van der Waals surface area contributed by atoms with E-state index in [4.69, 9.17) is 4.74 Å². The van der Waals surface area contributed by atoms with Gasteiger partial charge < -0.3 is 19.9 Å². The molecule has 2 fully saturated rings. The number of carbonyl (C=O) groups excluding carboxylic acids is 1. The van der Waals surface area contributed by atoms with Gasteiger partial charge in [0.1, 0.15) is 30.0 Å². The van der Waals surface area contributed by atoms with Crippen LogP contribution in [0.1, 0.15) is 6.42 Å². The number of nitrogens with one attached hydrogen (secondary N) is 2. The van der Waals surface area contributed by atoms with Crippen LogP contribution in [0.5, 0.6) is 0 Å². The molecule has 1 amide bonds. The first-order valence-electron chi connectivity index (χ1n) is 6.70. The van der Waals surface area contributed by atoms with Gasteiger partial charge in [-0.25, -0.2) is 9.97 Å². The Morgan fingerprint density at radius 3 is 3.20 bits per heavy atom. The Morgan fingerprint density at radius 2 is 2.35 bits per heavy atom. The average Bonchev–Trinajstić information content (AvgIpc) is 3.09. The number of aromatic nitrogens is 3. The van der Waals surface area contributed by atoms with Gasteiger partial charge in [-0.05, 0) is 12.5 Å². The number of rotatable bonds is 1. The Kier molecular flexibility index (Phi) is 2.43. The maximum absolute atomic E-state index is 11.2. The third-order valence-electron chi connectivity index (χ3n) is 4.07. The molecular weight excluding hydrogens is 258 g/mol. The highest BCUT2D eigenvalue weighted by Gasteiger charge is 2.42. The van der Waals surface area contributed by atoms with E-state index in [1.54, 1.807) is 6.33 Å². The molecule has 0 saturated carbocycles. The van der Waals surface area contributed by atoms with Crippen LogP contribution >= 0.6 is 0 Å². The van der Waals surface area contributed by atoms with Gasteiger partial charge in [0.15, 0.2) is 0 Å². The van der Waals surface area contributed by atoms with Crippen molar-refractivity contribution in [2.75, 3.05) is 31.1 Å². The van der Waals surface area contributed by atoms with Crippen molar-refractivity contribution in [3.8, 4) is 0 Å². The van der Waals surface area contributed by atoms with Crippen LogP contribution in [0, 0.1) is 0 Å². The lowest BCUT2D eigenvalue weighted by molar-refractivity contribution is -0.141. The molecule has 2 N–H and O–H groups in total. The van der Waals surface area contributed by atoms with Crippen LogP contribution in [0.15, 0.2) is 18.6 Å². The number of nitrogens with zero attached hydrogens (tertiary/aromatic N) is 3. The molecule has 7 heteroatoms.